The minimum Gasteiger partial charge on any atom is -0.468 e. The first-order valence-corrected chi connectivity index (χ1v) is 3.89. The number of carbonyl (C=O) groups is 1. The molecule has 0 spiro atoms. The average Bonchev–Trinajstić information content (AvgIpc) is 2.37. The molecule has 0 saturated carbocycles. The van der Waals surface area contributed by atoms with Crippen LogP contribution in [0.1, 0.15) is 0 Å². The summed E-state index contributed by atoms with van der Waals surface area (Å²) in [5.74, 6) is 1.55. The van der Waals surface area contributed by atoms with Gasteiger partial charge in [0.15, 0.2) is 0 Å². The molecule has 3 nitrogen and oxygen atoms in total. The molecule has 1 heterocycles. The van der Waals surface area contributed by atoms with Crippen LogP contribution in [-0.4, -0.2) is 30.8 Å². The van der Waals surface area contributed by atoms with E-state index >= 15 is 0 Å². The molecule has 1 atom stereocenters. The summed E-state index contributed by atoms with van der Waals surface area (Å²) in [4.78, 5) is 10.7. The molecule has 0 aromatic carbocycles. The largest absolute Gasteiger partial charge is 0.468 e. The first kappa shape index (κ1) is 10.1. The summed E-state index contributed by atoms with van der Waals surface area (Å²) < 4.78 is 4.52. The van der Waals surface area contributed by atoms with Gasteiger partial charge in [-0.1, -0.05) is 0 Å². The number of carbonyl (C=O) groups excluding carboxylic acids is 1. The van der Waals surface area contributed by atoms with E-state index in [4.69, 9.17) is 0 Å². The molecule has 1 aliphatic heterocycles. The van der Waals surface area contributed by atoms with Gasteiger partial charge in [-0.15, -0.1) is 24.2 Å². The number of nitrogens with one attached hydrogen (secondary N) is 1. The van der Waals surface area contributed by atoms with Crippen LogP contribution in [0.4, 0.5) is 0 Å². The number of ether oxygens (including phenoxy) is 1. The highest BCUT2D eigenvalue weighted by molar-refractivity contribution is 7.99. The van der Waals surface area contributed by atoms with E-state index in [1.54, 1.807) is 11.8 Å². The first-order chi connectivity index (χ1) is 4.34. The maximum atomic E-state index is 10.7. The fourth-order valence-corrected chi connectivity index (χ4v) is 1.62. The van der Waals surface area contributed by atoms with Crippen molar-refractivity contribution >= 4 is 30.1 Å². The molecular weight excluding hydrogens is 174 g/mol. The molecule has 1 N–H and O–H groups in total. The molecule has 1 aliphatic rings. The SMILES string of the molecule is COC(=O)[C@H]1CSCN1.Cl. The van der Waals surface area contributed by atoms with Crippen LogP contribution < -0.4 is 5.32 Å². The number of thioether (sulfide) groups is 1. The Balaban J connectivity index is 0.000000810. The van der Waals surface area contributed by atoms with Crippen molar-refractivity contribution in [1.29, 1.82) is 0 Å². The number of halogens is 1. The highest BCUT2D eigenvalue weighted by atomic mass is 35.5. The second-order valence-electron chi connectivity index (χ2n) is 1.79. The third-order valence-electron chi connectivity index (χ3n) is 1.20. The second kappa shape index (κ2) is 4.82. The summed E-state index contributed by atoms with van der Waals surface area (Å²) in [7, 11) is 1.41. The van der Waals surface area contributed by atoms with Gasteiger partial charge in [0.25, 0.3) is 0 Å². The normalized spacial score (nSPS) is 23.5. The van der Waals surface area contributed by atoms with Crippen LogP contribution >= 0.6 is 24.2 Å². The van der Waals surface area contributed by atoms with Crippen LogP contribution in [0, 0.1) is 0 Å². The van der Waals surface area contributed by atoms with Crippen molar-refractivity contribution in [3.8, 4) is 0 Å². The first-order valence-electron chi connectivity index (χ1n) is 2.73. The molecule has 0 aromatic rings. The number of rotatable bonds is 1. The Morgan fingerprint density at radius 2 is 2.50 bits per heavy atom. The minimum absolute atomic E-state index is 0. The molecule has 10 heavy (non-hydrogen) atoms. The van der Waals surface area contributed by atoms with Crippen molar-refractivity contribution in [1.82, 2.24) is 5.32 Å². The van der Waals surface area contributed by atoms with Gasteiger partial charge >= 0.3 is 5.97 Å². The lowest BCUT2D eigenvalue weighted by atomic mass is 10.3. The Bertz CT molecular complexity index is 116. The van der Waals surface area contributed by atoms with Crippen LogP contribution in [0.2, 0.25) is 0 Å². The Morgan fingerprint density at radius 1 is 1.80 bits per heavy atom. The maximum absolute atomic E-state index is 10.7. The predicted molar refractivity (Wildman–Crippen MR) is 43.5 cm³/mol. The van der Waals surface area contributed by atoms with E-state index in [9.17, 15) is 4.79 Å². The van der Waals surface area contributed by atoms with Crippen molar-refractivity contribution in [3.63, 3.8) is 0 Å². The van der Waals surface area contributed by atoms with E-state index in [1.165, 1.54) is 7.11 Å². The van der Waals surface area contributed by atoms with Crippen LogP contribution in [0.15, 0.2) is 0 Å². The lowest BCUT2D eigenvalue weighted by molar-refractivity contribution is -0.142. The highest BCUT2D eigenvalue weighted by Crippen LogP contribution is 2.09. The topological polar surface area (TPSA) is 38.3 Å². The average molecular weight is 184 g/mol. The zero-order valence-corrected chi connectivity index (χ0v) is 7.26. The van der Waals surface area contributed by atoms with E-state index < -0.39 is 0 Å². The summed E-state index contributed by atoms with van der Waals surface area (Å²) in [5.41, 5.74) is 0. The third kappa shape index (κ3) is 2.36. The van der Waals surface area contributed by atoms with E-state index in [0.29, 0.717) is 0 Å². The van der Waals surface area contributed by atoms with Gasteiger partial charge in [-0.3, -0.25) is 10.1 Å². The van der Waals surface area contributed by atoms with Crippen molar-refractivity contribution < 1.29 is 9.53 Å². The smallest absolute Gasteiger partial charge is 0.323 e. The van der Waals surface area contributed by atoms with E-state index in [1.807, 2.05) is 0 Å². The molecule has 0 amide bonds. The number of esters is 1. The summed E-state index contributed by atoms with van der Waals surface area (Å²) in [6.07, 6.45) is 0. The van der Waals surface area contributed by atoms with Gasteiger partial charge in [-0.2, -0.15) is 0 Å². The molecule has 0 aromatic heterocycles. The molecule has 1 rings (SSSR count). The summed E-state index contributed by atoms with van der Waals surface area (Å²) in [5, 5.41) is 3.00. The van der Waals surface area contributed by atoms with Gasteiger partial charge in [0.05, 0.1) is 7.11 Å². The van der Waals surface area contributed by atoms with Crippen molar-refractivity contribution in [2.24, 2.45) is 0 Å². The minimum atomic E-state index is -0.153. The molecule has 0 bridgehead atoms. The molecule has 0 radical (unpaired) electrons. The van der Waals surface area contributed by atoms with Crippen molar-refractivity contribution in [3.05, 3.63) is 0 Å². The molecule has 1 fully saturated rings. The molecule has 0 unspecified atom stereocenters. The number of hydrogen-bond acceptors (Lipinski definition) is 4. The molecule has 0 aliphatic carbocycles. The molecular formula is C5H10ClNO2S. The van der Waals surface area contributed by atoms with E-state index in [0.717, 1.165) is 11.6 Å². The Kier molecular flexibility index (Phi) is 4.85. The van der Waals surface area contributed by atoms with Gasteiger partial charge in [-0.25, -0.2) is 0 Å². The highest BCUT2D eigenvalue weighted by Gasteiger charge is 2.22. The third-order valence-corrected chi connectivity index (χ3v) is 2.14. The molecule has 1 saturated heterocycles. The molecule has 60 valence electrons. The summed E-state index contributed by atoms with van der Waals surface area (Å²) >= 11 is 1.71. The Hall–Kier alpha value is 0.0700. The van der Waals surface area contributed by atoms with Gasteiger partial charge in [0.1, 0.15) is 6.04 Å². The predicted octanol–water partition coefficient (Wildman–Crippen LogP) is 0.244. The van der Waals surface area contributed by atoms with Crippen LogP contribution in [0.25, 0.3) is 0 Å². The summed E-state index contributed by atoms with van der Waals surface area (Å²) in [6.45, 7) is 0. The van der Waals surface area contributed by atoms with Crippen LogP contribution in [0.3, 0.4) is 0 Å². The Labute approximate surface area is 70.3 Å². The van der Waals surface area contributed by atoms with Gasteiger partial charge < -0.3 is 4.74 Å². The number of methoxy groups -OCH3 is 1. The van der Waals surface area contributed by atoms with Crippen molar-refractivity contribution in [2.75, 3.05) is 18.7 Å². The number of hydrogen-bond donors (Lipinski definition) is 1. The van der Waals surface area contributed by atoms with Gasteiger partial charge in [-0.05, 0) is 0 Å². The maximum Gasteiger partial charge on any atom is 0.323 e. The monoisotopic (exact) mass is 183 g/mol. The van der Waals surface area contributed by atoms with Gasteiger partial charge in [0.2, 0.25) is 0 Å². The zero-order chi connectivity index (χ0) is 6.69. The summed E-state index contributed by atoms with van der Waals surface area (Å²) in [6, 6.07) is -0.0694. The Morgan fingerprint density at radius 3 is 2.90 bits per heavy atom. The lowest BCUT2D eigenvalue weighted by Gasteiger charge is -2.03. The fraction of sp³-hybridized carbons (Fsp3) is 0.800. The zero-order valence-electron chi connectivity index (χ0n) is 5.62. The van der Waals surface area contributed by atoms with E-state index in [2.05, 4.69) is 10.1 Å². The lowest BCUT2D eigenvalue weighted by Crippen LogP contribution is -2.33. The standard InChI is InChI=1S/C5H9NO2S.ClH/c1-8-5(7)4-2-9-3-6-4;/h4,6H,2-3H2,1H3;1H/t4-;/m1./s1. The van der Waals surface area contributed by atoms with E-state index in [-0.39, 0.29) is 24.4 Å². The second-order valence-corrected chi connectivity index (χ2v) is 2.83. The van der Waals surface area contributed by atoms with Gasteiger partial charge in [0, 0.05) is 11.6 Å². The quantitative estimate of drug-likeness (QED) is 0.592. The van der Waals surface area contributed by atoms with Crippen LogP contribution in [0.5, 0.6) is 0 Å². The fourth-order valence-electron chi connectivity index (χ4n) is 0.689. The molecule has 5 heteroatoms. The van der Waals surface area contributed by atoms with Crippen LogP contribution in [-0.2, 0) is 9.53 Å². The van der Waals surface area contributed by atoms with Crippen molar-refractivity contribution in [2.45, 2.75) is 6.04 Å².